The second-order valence-corrected chi connectivity index (χ2v) is 10.9. The average molecular weight is 587 g/mol. The molecule has 216 valence electrons. The van der Waals surface area contributed by atoms with Crippen LogP contribution in [0.4, 0.5) is 5.13 Å². The Morgan fingerprint density at radius 3 is 2.50 bits per heavy atom. The molecule has 2 aliphatic rings. The van der Waals surface area contributed by atoms with Crippen molar-refractivity contribution in [3.63, 3.8) is 0 Å². The quantitative estimate of drug-likeness (QED) is 0.106. The normalized spacial score (nSPS) is 17.6. The molecule has 1 N–H and O–H groups in total. The Kier molecular flexibility index (Phi) is 7.71. The van der Waals surface area contributed by atoms with E-state index in [2.05, 4.69) is 6.92 Å². The first-order valence-corrected chi connectivity index (χ1v) is 14.8. The first-order valence-electron chi connectivity index (χ1n) is 14.0. The van der Waals surface area contributed by atoms with Crippen LogP contribution in [-0.4, -0.2) is 48.2 Å². The second-order valence-electron chi connectivity index (χ2n) is 9.86. The van der Waals surface area contributed by atoms with E-state index in [9.17, 15) is 14.7 Å². The number of aliphatic hydroxyl groups excluding tert-OH is 1. The number of aliphatic hydroxyl groups is 1. The number of Topliss-reactive ketones (excluding diaryl/α,β-unsaturated/α-hetero) is 1. The molecular weight excluding hydrogens is 556 g/mol. The molecule has 1 fully saturated rings. The SMILES string of the molecule is CCCCOc1ccc([C@H]2/C(=C(\O)c3ccc4c(c3)OCCO4)C(=O)C(=O)N2c2nc3ccc(OCC)cc3s2)cc1. The fraction of sp³-hybridized carbons (Fsp3) is 0.281. The van der Waals surface area contributed by atoms with Crippen molar-refractivity contribution in [3.8, 4) is 23.0 Å². The summed E-state index contributed by atoms with van der Waals surface area (Å²) in [6, 6.07) is 16.8. The number of rotatable bonds is 9. The summed E-state index contributed by atoms with van der Waals surface area (Å²) in [5.74, 6) is 0.503. The lowest BCUT2D eigenvalue weighted by Crippen LogP contribution is -2.29. The van der Waals surface area contributed by atoms with Gasteiger partial charge in [-0.15, -0.1) is 0 Å². The molecule has 1 atom stereocenters. The summed E-state index contributed by atoms with van der Waals surface area (Å²) < 4.78 is 23.6. The maximum absolute atomic E-state index is 13.7. The van der Waals surface area contributed by atoms with Crippen molar-refractivity contribution >= 4 is 44.1 Å². The van der Waals surface area contributed by atoms with E-state index in [0.717, 1.165) is 17.5 Å². The Labute approximate surface area is 246 Å². The summed E-state index contributed by atoms with van der Waals surface area (Å²) in [7, 11) is 0. The minimum atomic E-state index is -0.921. The van der Waals surface area contributed by atoms with E-state index in [4.69, 9.17) is 23.9 Å². The number of anilines is 1. The summed E-state index contributed by atoms with van der Waals surface area (Å²) in [4.78, 5) is 33.4. The van der Waals surface area contributed by atoms with Gasteiger partial charge in [0.05, 0.1) is 35.0 Å². The topological polar surface area (TPSA) is 107 Å². The van der Waals surface area contributed by atoms with E-state index in [1.165, 1.54) is 16.2 Å². The number of ketones is 1. The number of ether oxygens (including phenoxy) is 4. The highest BCUT2D eigenvalue weighted by Gasteiger charge is 2.48. The maximum Gasteiger partial charge on any atom is 0.301 e. The number of aromatic nitrogens is 1. The number of fused-ring (bicyclic) bond motifs is 2. The fourth-order valence-electron chi connectivity index (χ4n) is 5.02. The third-order valence-electron chi connectivity index (χ3n) is 7.09. The zero-order valence-corrected chi connectivity index (χ0v) is 24.1. The van der Waals surface area contributed by atoms with Crippen molar-refractivity contribution in [1.82, 2.24) is 4.98 Å². The first kappa shape index (κ1) is 27.6. The highest BCUT2D eigenvalue weighted by Crippen LogP contribution is 2.45. The summed E-state index contributed by atoms with van der Waals surface area (Å²) in [6.07, 6.45) is 1.95. The molecule has 3 aromatic carbocycles. The number of nitrogens with zero attached hydrogens (tertiary/aromatic N) is 2. The number of carbonyl (C=O) groups is 2. The van der Waals surface area contributed by atoms with Crippen molar-refractivity contribution in [2.75, 3.05) is 31.3 Å². The van der Waals surface area contributed by atoms with Crippen LogP contribution in [0.3, 0.4) is 0 Å². The molecule has 0 spiro atoms. The summed E-state index contributed by atoms with van der Waals surface area (Å²) in [6.45, 7) is 5.91. The Bertz CT molecular complexity index is 1680. The molecule has 0 unspecified atom stereocenters. The van der Waals surface area contributed by atoms with Crippen molar-refractivity contribution in [2.45, 2.75) is 32.7 Å². The van der Waals surface area contributed by atoms with Crippen LogP contribution in [0.2, 0.25) is 0 Å². The molecule has 0 aliphatic carbocycles. The largest absolute Gasteiger partial charge is 0.507 e. The number of thiazole rings is 1. The van der Waals surface area contributed by atoms with Crippen LogP contribution in [0.5, 0.6) is 23.0 Å². The predicted octanol–water partition coefficient (Wildman–Crippen LogP) is 6.27. The molecule has 2 aliphatic heterocycles. The highest BCUT2D eigenvalue weighted by molar-refractivity contribution is 7.22. The Morgan fingerprint density at radius 2 is 1.74 bits per heavy atom. The third-order valence-corrected chi connectivity index (χ3v) is 8.11. The fourth-order valence-corrected chi connectivity index (χ4v) is 6.05. The summed E-state index contributed by atoms with van der Waals surface area (Å²) >= 11 is 1.28. The molecule has 1 aromatic heterocycles. The lowest BCUT2D eigenvalue weighted by atomic mass is 9.95. The smallest absolute Gasteiger partial charge is 0.301 e. The van der Waals surface area contributed by atoms with Gasteiger partial charge in [-0.2, -0.15) is 0 Å². The zero-order chi connectivity index (χ0) is 29.2. The van der Waals surface area contributed by atoms with Crippen molar-refractivity contribution in [2.24, 2.45) is 0 Å². The van der Waals surface area contributed by atoms with Crippen LogP contribution in [0.1, 0.15) is 43.9 Å². The molecule has 1 saturated heterocycles. The van der Waals surface area contributed by atoms with Crippen LogP contribution in [-0.2, 0) is 9.59 Å². The van der Waals surface area contributed by atoms with Crippen LogP contribution >= 0.6 is 11.3 Å². The van der Waals surface area contributed by atoms with Gasteiger partial charge in [0.15, 0.2) is 16.6 Å². The van der Waals surface area contributed by atoms with E-state index in [1.54, 1.807) is 18.2 Å². The molecule has 6 rings (SSSR count). The number of hydrogen-bond acceptors (Lipinski definition) is 9. The van der Waals surface area contributed by atoms with Crippen LogP contribution in [0, 0.1) is 0 Å². The van der Waals surface area contributed by atoms with E-state index >= 15 is 0 Å². The minimum Gasteiger partial charge on any atom is -0.507 e. The van der Waals surface area contributed by atoms with E-state index in [-0.39, 0.29) is 11.3 Å². The number of hydrogen-bond donors (Lipinski definition) is 1. The van der Waals surface area contributed by atoms with Gasteiger partial charge in [-0.3, -0.25) is 14.5 Å². The van der Waals surface area contributed by atoms with Gasteiger partial charge in [-0.25, -0.2) is 4.98 Å². The Morgan fingerprint density at radius 1 is 0.976 bits per heavy atom. The van der Waals surface area contributed by atoms with E-state index < -0.39 is 17.7 Å². The van der Waals surface area contributed by atoms with Crippen LogP contribution in [0.25, 0.3) is 16.0 Å². The monoisotopic (exact) mass is 586 g/mol. The molecule has 9 nitrogen and oxygen atoms in total. The van der Waals surface area contributed by atoms with Crippen molar-refractivity contribution in [1.29, 1.82) is 0 Å². The van der Waals surface area contributed by atoms with E-state index in [0.29, 0.717) is 71.2 Å². The number of unbranched alkanes of at least 4 members (excludes halogenated alkanes) is 1. The number of carbonyl (C=O) groups excluding carboxylic acids is 2. The Balaban J connectivity index is 1.46. The van der Waals surface area contributed by atoms with Gasteiger partial charge in [-0.05, 0) is 67.4 Å². The summed E-state index contributed by atoms with van der Waals surface area (Å²) in [5, 5.41) is 11.9. The van der Waals surface area contributed by atoms with Gasteiger partial charge in [0.25, 0.3) is 5.78 Å². The Hall–Kier alpha value is -4.57. The van der Waals surface area contributed by atoms with E-state index in [1.807, 2.05) is 49.4 Å². The predicted molar refractivity (Wildman–Crippen MR) is 160 cm³/mol. The molecule has 3 heterocycles. The number of amides is 1. The highest BCUT2D eigenvalue weighted by atomic mass is 32.1. The molecule has 10 heteroatoms. The molecule has 4 aromatic rings. The molecular formula is C32H30N2O7S. The average Bonchev–Trinajstić information content (AvgIpc) is 3.54. The van der Waals surface area contributed by atoms with Gasteiger partial charge in [0.2, 0.25) is 0 Å². The van der Waals surface area contributed by atoms with Crippen LogP contribution in [0.15, 0.2) is 66.2 Å². The van der Waals surface area contributed by atoms with Gasteiger partial charge in [0, 0.05) is 5.56 Å². The molecule has 42 heavy (non-hydrogen) atoms. The van der Waals surface area contributed by atoms with Gasteiger partial charge < -0.3 is 24.1 Å². The van der Waals surface area contributed by atoms with Gasteiger partial charge in [0.1, 0.15) is 30.5 Å². The van der Waals surface area contributed by atoms with Crippen molar-refractivity contribution < 1.29 is 33.6 Å². The molecule has 0 bridgehead atoms. The molecule has 0 radical (unpaired) electrons. The third kappa shape index (κ3) is 5.14. The minimum absolute atomic E-state index is 0.0365. The summed E-state index contributed by atoms with van der Waals surface area (Å²) in [5.41, 5.74) is 1.61. The second kappa shape index (κ2) is 11.7. The lowest BCUT2D eigenvalue weighted by Gasteiger charge is -2.23. The standard InChI is InChI=1S/C32H30N2O7S/c1-3-5-14-39-21-9-6-19(7-10-21)28-27(29(35)20-8-13-24-25(17-20)41-16-15-40-24)30(36)31(37)34(28)32-33-23-12-11-22(38-4-2)18-26(23)42-32/h6-13,17-18,28,35H,3-5,14-16H2,1-2H3/b29-27+/t28-/m0/s1. The number of benzene rings is 3. The van der Waals surface area contributed by atoms with Crippen molar-refractivity contribution in [3.05, 3.63) is 77.4 Å². The van der Waals surface area contributed by atoms with Gasteiger partial charge in [-0.1, -0.05) is 36.8 Å². The lowest BCUT2D eigenvalue weighted by molar-refractivity contribution is -0.132. The molecule has 0 saturated carbocycles. The van der Waals surface area contributed by atoms with Gasteiger partial charge >= 0.3 is 5.91 Å². The molecule has 1 amide bonds. The maximum atomic E-state index is 13.7. The van der Waals surface area contributed by atoms with Crippen LogP contribution < -0.4 is 23.8 Å². The first-order chi connectivity index (χ1) is 20.5. The zero-order valence-electron chi connectivity index (χ0n) is 23.3.